The largest absolute Gasteiger partial charge is 0.416 e. The second-order valence-corrected chi connectivity index (χ2v) is 5.34. The molecular weight excluding hydrogens is 359 g/mol. The number of hydrogen-bond acceptors (Lipinski definition) is 2. The van der Waals surface area contributed by atoms with Crippen LogP contribution in [0.15, 0.2) is 65.3 Å². The third-order valence-electron chi connectivity index (χ3n) is 2.83. The molecule has 0 amide bonds. The summed E-state index contributed by atoms with van der Waals surface area (Å²) in [5.41, 5.74) is 0.273. The Balaban J connectivity index is 1.97. The van der Waals surface area contributed by atoms with Crippen molar-refractivity contribution in [2.45, 2.75) is 6.18 Å². The van der Waals surface area contributed by atoms with Crippen LogP contribution in [-0.2, 0) is 6.18 Å². The van der Waals surface area contributed by atoms with Gasteiger partial charge in [0.1, 0.15) is 0 Å². The first kappa shape index (κ1) is 16.3. The summed E-state index contributed by atoms with van der Waals surface area (Å²) < 4.78 is 38.1. The van der Waals surface area contributed by atoms with E-state index in [0.29, 0.717) is 11.3 Å². The standard InChI is InChI=1S/C16H11BrF3NO/c17-13-5-1-11(2-6-13)15(22)9-10-21-14-7-3-12(4-8-14)16(18,19)20/h1-10,21H/b10-9+. The molecule has 0 aromatic heterocycles. The Morgan fingerprint density at radius 3 is 2.14 bits per heavy atom. The Kier molecular flexibility index (Phi) is 5.03. The van der Waals surface area contributed by atoms with Gasteiger partial charge < -0.3 is 5.32 Å². The first-order valence-electron chi connectivity index (χ1n) is 6.26. The van der Waals surface area contributed by atoms with Gasteiger partial charge in [-0.3, -0.25) is 4.79 Å². The van der Waals surface area contributed by atoms with Crippen molar-refractivity contribution in [3.05, 3.63) is 76.4 Å². The molecule has 0 aliphatic carbocycles. The molecule has 0 fully saturated rings. The summed E-state index contributed by atoms with van der Waals surface area (Å²) in [5.74, 6) is -0.202. The molecule has 6 heteroatoms. The fourth-order valence-corrected chi connectivity index (χ4v) is 1.94. The molecule has 0 saturated heterocycles. The minimum absolute atomic E-state index is 0.202. The first-order valence-corrected chi connectivity index (χ1v) is 7.06. The van der Waals surface area contributed by atoms with Crippen molar-refractivity contribution in [2.24, 2.45) is 0 Å². The highest BCUT2D eigenvalue weighted by atomic mass is 79.9. The minimum Gasteiger partial charge on any atom is -0.362 e. The predicted molar refractivity (Wildman–Crippen MR) is 82.7 cm³/mol. The molecule has 1 N–H and O–H groups in total. The number of allylic oxidation sites excluding steroid dienone is 1. The third kappa shape index (κ3) is 4.46. The number of anilines is 1. The summed E-state index contributed by atoms with van der Waals surface area (Å²) in [6, 6.07) is 11.4. The van der Waals surface area contributed by atoms with Crippen LogP contribution in [0.25, 0.3) is 0 Å². The number of hydrogen-bond donors (Lipinski definition) is 1. The molecule has 0 radical (unpaired) electrons. The molecule has 0 heterocycles. The van der Waals surface area contributed by atoms with Crippen molar-refractivity contribution in [1.29, 1.82) is 0 Å². The van der Waals surface area contributed by atoms with Crippen molar-refractivity contribution in [3.63, 3.8) is 0 Å². The maximum Gasteiger partial charge on any atom is 0.416 e. The number of alkyl halides is 3. The van der Waals surface area contributed by atoms with Gasteiger partial charge in [-0.05, 0) is 48.5 Å². The molecule has 22 heavy (non-hydrogen) atoms. The van der Waals surface area contributed by atoms with Crippen LogP contribution < -0.4 is 5.32 Å². The maximum atomic E-state index is 12.4. The topological polar surface area (TPSA) is 29.1 Å². The maximum absolute atomic E-state index is 12.4. The highest BCUT2D eigenvalue weighted by Gasteiger charge is 2.29. The number of carbonyl (C=O) groups is 1. The van der Waals surface area contributed by atoms with Gasteiger partial charge in [0, 0.05) is 28.0 Å². The minimum atomic E-state index is -4.36. The van der Waals surface area contributed by atoms with E-state index < -0.39 is 11.7 Å². The summed E-state index contributed by atoms with van der Waals surface area (Å²) in [7, 11) is 0. The zero-order valence-corrected chi connectivity index (χ0v) is 12.8. The zero-order chi connectivity index (χ0) is 16.2. The second-order valence-electron chi connectivity index (χ2n) is 4.42. The van der Waals surface area contributed by atoms with Crippen molar-refractivity contribution in [1.82, 2.24) is 0 Å². The van der Waals surface area contributed by atoms with Crippen LogP contribution in [0.5, 0.6) is 0 Å². The summed E-state index contributed by atoms with van der Waals surface area (Å²) in [5, 5.41) is 2.76. The van der Waals surface area contributed by atoms with Gasteiger partial charge in [-0.1, -0.05) is 15.9 Å². The lowest BCUT2D eigenvalue weighted by Gasteiger charge is -2.07. The lowest BCUT2D eigenvalue weighted by Crippen LogP contribution is -2.04. The Hall–Kier alpha value is -2.08. The molecule has 2 nitrogen and oxygen atoms in total. The molecule has 0 atom stereocenters. The molecule has 0 bridgehead atoms. The van der Waals surface area contributed by atoms with Gasteiger partial charge in [-0.2, -0.15) is 13.2 Å². The van der Waals surface area contributed by atoms with Crippen LogP contribution in [0.1, 0.15) is 15.9 Å². The van der Waals surface area contributed by atoms with Gasteiger partial charge in [-0.25, -0.2) is 0 Å². The average molecular weight is 370 g/mol. The Morgan fingerprint density at radius 1 is 1.00 bits per heavy atom. The van der Waals surface area contributed by atoms with Crippen LogP contribution in [0.2, 0.25) is 0 Å². The monoisotopic (exact) mass is 369 g/mol. The lowest BCUT2D eigenvalue weighted by atomic mass is 10.1. The van der Waals surface area contributed by atoms with Gasteiger partial charge in [0.05, 0.1) is 5.56 Å². The Bertz CT molecular complexity index is 676. The van der Waals surface area contributed by atoms with Crippen LogP contribution >= 0.6 is 15.9 Å². The number of carbonyl (C=O) groups excluding carboxylic acids is 1. The Morgan fingerprint density at radius 2 is 1.59 bits per heavy atom. The lowest BCUT2D eigenvalue weighted by molar-refractivity contribution is -0.137. The van der Waals surface area contributed by atoms with Crippen LogP contribution in [0.3, 0.4) is 0 Å². The van der Waals surface area contributed by atoms with Crippen LogP contribution in [0.4, 0.5) is 18.9 Å². The van der Waals surface area contributed by atoms with Crippen molar-refractivity contribution in [2.75, 3.05) is 5.32 Å². The number of halogens is 4. The molecule has 2 aromatic rings. The van der Waals surface area contributed by atoms with E-state index in [4.69, 9.17) is 0 Å². The van der Waals surface area contributed by atoms with E-state index in [1.165, 1.54) is 24.4 Å². The molecule has 114 valence electrons. The van der Waals surface area contributed by atoms with Gasteiger partial charge in [0.25, 0.3) is 0 Å². The normalized spacial score (nSPS) is 11.6. The molecule has 2 rings (SSSR count). The van der Waals surface area contributed by atoms with Gasteiger partial charge >= 0.3 is 6.18 Å². The SMILES string of the molecule is O=C(/C=C/Nc1ccc(C(F)(F)F)cc1)c1ccc(Br)cc1. The van der Waals surface area contributed by atoms with E-state index in [2.05, 4.69) is 21.2 Å². The van der Waals surface area contributed by atoms with E-state index in [1.807, 2.05) is 0 Å². The van der Waals surface area contributed by atoms with Gasteiger partial charge in [0.2, 0.25) is 0 Å². The number of nitrogens with one attached hydrogen (secondary N) is 1. The van der Waals surface area contributed by atoms with Crippen LogP contribution in [0, 0.1) is 0 Å². The zero-order valence-electron chi connectivity index (χ0n) is 11.2. The second kappa shape index (κ2) is 6.79. The van der Waals surface area contributed by atoms with Crippen molar-refractivity contribution >= 4 is 27.4 Å². The predicted octanol–water partition coefficient (Wildman–Crippen LogP) is 5.28. The van der Waals surface area contributed by atoms with E-state index >= 15 is 0 Å². The van der Waals surface area contributed by atoms with E-state index in [-0.39, 0.29) is 5.78 Å². The Labute approximate surface area is 133 Å². The third-order valence-corrected chi connectivity index (χ3v) is 3.35. The fraction of sp³-hybridized carbons (Fsp3) is 0.0625. The van der Waals surface area contributed by atoms with E-state index in [9.17, 15) is 18.0 Å². The molecule has 0 unspecified atom stereocenters. The summed E-state index contributed by atoms with van der Waals surface area (Å²) >= 11 is 3.28. The highest BCUT2D eigenvalue weighted by Crippen LogP contribution is 2.29. The number of ketones is 1. The fourth-order valence-electron chi connectivity index (χ4n) is 1.68. The number of rotatable bonds is 4. The van der Waals surface area contributed by atoms with Crippen molar-refractivity contribution < 1.29 is 18.0 Å². The summed E-state index contributed by atoms with van der Waals surface area (Å²) in [6.45, 7) is 0. The van der Waals surface area contributed by atoms with Crippen LogP contribution in [-0.4, -0.2) is 5.78 Å². The highest BCUT2D eigenvalue weighted by molar-refractivity contribution is 9.10. The summed E-state index contributed by atoms with van der Waals surface area (Å²) in [4.78, 5) is 11.8. The van der Waals surface area contributed by atoms with E-state index in [0.717, 1.165) is 16.6 Å². The molecule has 0 aliphatic rings. The molecule has 0 spiro atoms. The smallest absolute Gasteiger partial charge is 0.362 e. The van der Waals surface area contributed by atoms with E-state index in [1.54, 1.807) is 24.3 Å². The molecule has 2 aromatic carbocycles. The summed E-state index contributed by atoms with van der Waals surface area (Å²) in [6.07, 6.45) is -1.64. The molecule has 0 saturated carbocycles. The van der Waals surface area contributed by atoms with Crippen molar-refractivity contribution in [3.8, 4) is 0 Å². The van der Waals surface area contributed by atoms with Gasteiger partial charge in [0.15, 0.2) is 5.78 Å². The first-order chi connectivity index (χ1) is 10.4. The average Bonchev–Trinajstić information content (AvgIpc) is 2.47. The quantitative estimate of drug-likeness (QED) is 0.586. The van der Waals surface area contributed by atoms with Gasteiger partial charge in [-0.15, -0.1) is 0 Å². The molecular formula is C16H11BrF3NO. The molecule has 0 aliphatic heterocycles. The number of benzene rings is 2.